The van der Waals surface area contributed by atoms with E-state index >= 15 is 0 Å². The fraction of sp³-hybridized carbons (Fsp3) is 0.125. The van der Waals surface area contributed by atoms with Crippen molar-refractivity contribution in [3.8, 4) is 0 Å². The van der Waals surface area contributed by atoms with Gasteiger partial charge in [-0.05, 0) is 36.8 Å². The fourth-order valence-corrected chi connectivity index (χ4v) is 2.14. The SMILES string of the molecule is CNc1nc(Nc2cccc(C)c2)c2ccccc2n1. The number of nitrogens with one attached hydrogen (secondary N) is 2. The lowest BCUT2D eigenvalue weighted by atomic mass is 10.2. The molecule has 1 aromatic heterocycles. The van der Waals surface area contributed by atoms with Crippen LogP contribution in [-0.4, -0.2) is 17.0 Å². The van der Waals surface area contributed by atoms with Gasteiger partial charge >= 0.3 is 0 Å². The van der Waals surface area contributed by atoms with E-state index in [1.165, 1.54) is 5.56 Å². The van der Waals surface area contributed by atoms with Crippen LogP contribution in [-0.2, 0) is 0 Å². The monoisotopic (exact) mass is 264 g/mol. The number of aromatic nitrogens is 2. The summed E-state index contributed by atoms with van der Waals surface area (Å²) in [5.41, 5.74) is 3.15. The predicted octanol–water partition coefficient (Wildman–Crippen LogP) is 3.72. The van der Waals surface area contributed by atoms with Gasteiger partial charge in [0.25, 0.3) is 0 Å². The molecule has 0 saturated heterocycles. The Morgan fingerprint density at radius 3 is 2.60 bits per heavy atom. The summed E-state index contributed by atoms with van der Waals surface area (Å²) in [5, 5.41) is 7.37. The average Bonchev–Trinajstić information content (AvgIpc) is 2.47. The molecule has 2 aromatic carbocycles. The Balaban J connectivity index is 2.10. The maximum Gasteiger partial charge on any atom is 0.224 e. The zero-order valence-corrected chi connectivity index (χ0v) is 11.5. The van der Waals surface area contributed by atoms with Crippen LogP contribution in [0.3, 0.4) is 0 Å². The fourth-order valence-electron chi connectivity index (χ4n) is 2.14. The van der Waals surface area contributed by atoms with Crippen LogP contribution in [0, 0.1) is 6.92 Å². The second-order valence-corrected chi connectivity index (χ2v) is 4.66. The number of hydrogen-bond donors (Lipinski definition) is 2. The van der Waals surface area contributed by atoms with E-state index in [2.05, 4.69) is 39.7 Å². The molecule has 2 N–H and O–H groups in total. The van der Waals surface area contributed by atoms with Crippen LogP contribution in [0.25, 0.3) is 10.9 Å². The lowest BCUT2D eigenvalue weighted by molar-refractivity contribution is 1.19. The molecule has 0 radical (unpaired) electrons. The number of rotatable bonds is 3. The standard InChI is InChI=1S/C16H16N4/c1-11-6-5-7-12(10-11)18-15-13-8-3-4-9-14(13)19-16(17-2)20-15/h3-10H,1-2H3,(H2,17,18,19,20). The molecule has 20 heavy (non-hydrogen) atoms. The molecule has 1 heterocycles. The number of aryl methyl sites for hydroxylation is 1. The van der Waals surface area contributed by atoms with Gasteiger partial charge in [0.1, 0.15) is 5.82 Å². The van der Waals surface area contributed by atoms with Crippen molar-refractivity contribution < 1.29 is 0 Å². The lowest BCUT2D eigenvalue weighted by Crippen LogP contribution is -2.01. The first-order valence-corrected chi connectivity index (χ1v) is 6.54. The van der Waals surface area contributed by atoms with E-state index < -0.39 is 0 Å². The zero-order chi connectivity index (χ0) is 13.9. The molecular weight excluding hydrogens is 248 g/mol. The highest BCUT2D eigenvalue weighted by Crippen LogP contribution is 2.25. The summed E-state index contributed by atoms with van der Waals surface area (Å²) in [5.74, 6) is 1.42. The second kappa shape index (κ2) is 5.17. The molecule has 3 rings (SSSR count). The third kappa shape index (κ3) is 2.40. The molecule has 100 valence electrons. The van der Waals surface area contributed by atoms with Crippen molar-refractivity contribution in [2.45, 2.75) is 6.92 Å². The minimum Gasteiger partial charge on any atom is -0.357 e. The number of nitrogens with zero attached hydrogens (tertiary/aromatic N) is 2. The Kier molecular flexibility index (Phi) is 3.21. The van der Waals surface area contributed by atoms with Crippen LogP contribution < -0.4 is 10.6 Å². The molecule has 0 aliphatic heterocycles. The third-order valence-electron chi connectivity index (χ3n) is 3.11. The van der Waals surface area contributed by atoms with Crippen molar-refractivity contribution in [3.05, 3.63) is 54.1 Å². The predicted molar refractivity (Wildman–Crippen MR) is 83.5 cm³/mol. The van der Waals surface area contributed by atoms with E-state index in [9.17, 15) is 0 Å². The number of fused-ring (bicyclic) bond motifs is 1. The number of hydrogen-bond acceptors (Lipinski definition) is 4. The molecule has 0 aliphatic rings. The Morgan fingerprint density at radius 2 is 1.80 bits per heavy atom. The molecule has 3 aromatic rings. The Labute approximate surface area is 117 Å². The molecule has 0 unspecified atom stereocenters. The van der Waals surface area contributed by atoms with Crippen molar-refractivity contribution in [2.24, 2.45) is 0 Å². The Bertz CT molecular complexity index is 752. The van der Waals surface area contributed by atoms with Crippen LogP contribution in [0.2, 0.25) is 0 Å². The van der Waals surface area contributed by atoms with Gasteiger partial charge in [0, 0.05) is 18.1 Å². The van der Waals surface area contributed by atoms with E-state index in [0.717, 1.165) is 22.4 Å². The summed E-state index contributed by atoms with van der Waals surface area (Å²) in [6.07, 6.45) is 0. The maximum atomic E-state index is 4.51. The highest BCUT2D eigenvalue weighted by molar-refractivity contribution is 5.91. The summed E-state index contributed by atoms with van der Waals surface area (Å²) in [6.45, 7) is 2.07. The molecule has 4 nitrogen and oxygen atoms in total. The third-order valence-corrected chi connectivity index (χ3v) is 3.11. The van der Waals surface area contributed by atoms with Crippen LogP contribution in [0.5, 0.6) is 0 Å². The smallest absolute Gasteiger partial charge is 0.224 e. The summed E-state index contributed by atoms with van der Waals surface area (Å²) in [4.78, 5) is 8.96. The minimum absolute atomic E-state index is 0.610. The summed E-state index contributed by atoms with van der Waals surface area (Å²) in [6, 6.07) is 16.2. The summed E-state index contributed by atoms with van der Waals surface area (Å²) >= 11 is 0. The van der Waals surface area contributed by atoms with Gasteiger partial charge < -0.3 is 10.6 Å². The van der Waals surface area contributed by atoms with Gasteiger partial charge in [-0.1, -0.05) is 24.3 Å². The van der Waals surface area contributed by atoms with Gasteiger partial charge in [0.15, 0.2) is 0 Å². The molecule has 4 heteroatoms. The van der Waals surface area contributed by atoms with Gasteiger partial charge in [-0.25, -0.2) is 4.98 Å². The number of benzene rings is 2. The van der Waals surface area contributed by atoms with Crippen LogP contribution in [0.1, 0.15) is 5.56 Å². The van der Waals surface area contributed by atoms with Crippen LogP contribution in [0.15, 0.2) is 48.5 Å². The topological polar surface area (TPSA) is 49.8 Å². The molecule has 0 amide bonds. The second-order valence-electron chi connectivity index (χ2n) is 4.66. The van der Waals surface area contributed by atoms with Crippen molar-refractivity contribution in [1.82, 2.24) is 9.97 Å². The lowest BCUT2D eigenvalue weighted by Gasteiger charge is -2.11. The highest BCUT2D eigenvalue weighted by atomic mass is 15.1. The number of para-hydroxylation sites is 1. The van der Waals surface area contributed by atoms with Crippen LogP contribution in [0.4, 0.5) is 17.5 Å². The average molecular weight is 264 g/mol. The molecule has 0 atom stereocenters. The van der Waals surface area contributed by atoms with E-state index in [4.69, 9.17) is 0 Å². The number of anilines is 3. The first kappa shape index (κ1) is 12.4. The Morgan fingerprint density at radius 1 is 0.950 bits per heavy atom. The van der Waals surface area contributed by atoms with E-state index in [1.807, 2.05) is 43.4 Å². The molecular formula is C16H16N4. The van der Waals surface area contributed by atoms with Crippen molar-refractivity contribution >= 4 is 28.4 Å². The molecule has 0 spiro atoms. The van der Waals surface area contributed by atoms with E-state index in [1.54, 1.807) is 0 Å². The Hall–Kier alpha value is -2.62. The maximum absolute atomic E-state index is 4.51. The van der Waals surface area contributed by atoms with Crippen LogP contribution >= 0.6 is 0 Å². The first-order valence-electron chi connectivity index (χ1n) is 6.54. The summed E-state index contributed by atoms with van der Waals surface area (Å²) < 4.78 is 0. The van der Waals surface area contributed by atoms with Gasteiger partial charge in [-0.15, -0.1) is 0 Å². The van der Waals surface area contributed by atoms with E-state index in [-0.39, 0.29) is 0 Å². The van der Waals surface area contributed by atoms with Crippen molar-refractivity contribution in [3.63, 3.8) is 0 Å². The summed E-state index contributed by atoms with van der Waals surface area (Å²) in [7, 11) is 1.82. The molecule has 0 bridgehead atoms. The van der Waals surface area contributed by atoms with Crippen molar-refractivity contribution in [2.75, 3.05) is 17.7 Å². The quantitative estimate of drug-likeness (QED) is 0.757. The van der Waals surface area contributed by atoms with Gasteiger partial charge in [0.2, 0.25) is 5.95 Å². The largest absolute Gasteiger partial charge is 0.357 e. The molecule has 0 fully saturated rings. The molecule has 0 saturated carbocycles. The normalized spacial score (nSPS) is 10.5. The van der Waals surface area contributed by atoms with Gasteiger partial charge in [0.05, 0.1) is 5.52 Å². The van der Waals surface area contributed by atoms with E-state index in [0.29, 0.717) is 5.95 Å². The van der Waals surface area contributed by atoms with Crippen molar-refractivity contribution in [1.29, 1.82) is 0 Å². The zero-order valence-electron chi connectivity index (χ0n) is 11.5. The first-order chi connectivity index (χ1) is 9.76. The minimum atomic E-state index is 0.610. The molecule has 0 aliphatic carbocycles. The highest BCUT2D eigenvalue weighted by Gasteiger charge is 2.06. The van der Waals surface area contributed by atoms with Gasteiger partial charge in [-0.3, -0.25) is 0 Å². The van der Waals surface area contributed by atoms with Gasteiger partial charge in [-0.2, -0.15) is 4.98 Å².